The highest BCUT2D eigenvalue weighted by Crippen LogP contribution is 2.35. The molecule has 2 N–H and O–H groups in total. The third kappa shape index (κ3) is 1.99. The fraction of sp³-hybridized carbons (Fsp3) is 0.308. The van der Waals surface area contributed by atoms with Gasteiger partial charge in [0, 0.05) is 18.7 Å². The Morgan fingerprint density at radius 1 is 1.17 bits per heavy atom. The zero-order valence-corrected chi connectivity index (χ0v) is 11.0. The van der Waals surface area contributed by atoms with Crippen LogP contribution in [0.4, 0.5) is 5.82 Å². The molecule has 0 aliphatic rings. The van der Waals surface area contributed by atoms with Crippen LogP contribution in [0.15, 0.2) is 18.2 Å². The fourth-order valence-electron chi connectivity index (χ4n) is 1.93. The molecule has 96 valence electrons. The van der Waals surface area contributed by atoms with Gasteiger partial charge in [0.2, 0.25) is 0 Å². The Labute approximate surface area is 106 Å². The quantitative estimate of drug-likeness (QED) is 0.901. The molecule has 1 heterocycles. The molecule has 1 aromatic carbocycles. The van der Waals surface area contributed by atoms with Crippen molar-refractivity contribution in [2.24, 2.45) is 7.05 Å². The average Bonchev–Trinajstić information content (AvgIpc) is 2.68. The maximum Gasteiger partial charge on any atom is 0.163 e. The number of rotatable bonds is 3. The molecule has 2 rings (SSSR count). The molecular weight excluding hydrogens is 230 g/mol. The maximum absolute atomic E-state index is 5.79. The predicted molar refractivity (Wildman–Crippen MR) is 70.9 cm³/mol. The van der Waals surface area contributed by atoms with Gasteiger partial charge in [0.1, 0.15) is 5.82 Å². The van der Waals surface area contributed by atoms with Gasteiger partial charge in [0.15, 0.2) is 11.5 Å². The third-order valence-electron chi connectivity index (χ3n) is 2.88. The molecule has 0 fully saturated rings. The third-order valence-corrected chi connectivity index (χ3v) is 2.88. The molecule has 0 radical (unpaired) electrons. The lowest BCUT2D eigenvalue weighted by atomic mass is 10.1. The van der Waals surface area contributed by atoms with E-state index in [2.05, 4.69) is 5.10 Å². The minimum absolute atomic E-state index is 0.623. The van der Waals surface area contributed by atoms with Gasteiger partial charge in [-0.25, -0.2) is 0 Å². The molecule has 2 aromatic rings. The number of anilines is 1. The van der Waals surface area contributed by atoms with E-state index in [0.29, 0.717) is 11.6 Å². The number of nitrogen functional groups attached to an aromatic ring is 1. The molecule has 5 heteroatoms. The normalized spacial score (nSPS) is 10.4. The van der Waals surface area contributed by atoms with Crippen LogP contribution in [0.3, 0.4) is 0 Å². The van der Waals surface area contributed by atoms with E-state index in [9.17, 15) is 0 Å². The van der Waals surface area contributed by atoms with E-state index in [-0.39, 0.29) is 0 Å². The van der Waals surface area contributed by atoms with Crippen molar-refractivity contribution < 1.29 is 9.47 Å². The van der Waals surface area contributed by atoms with E-state index in [4.69, 9.17) is 15.2 Å². The van der Waals surface area contributed by atoms with Gasteiger partial charge in [-0.1, -0.05) is 0 Å². The van der Waals surface area contributed by atoms with Gasteiger partial charge in [-0.3, -0.25) is 4.68 Å². The lowest BCUT2D eigenvalue weighted by Gasteiger charge is -2.11. The van der Waals surface area contributed by atoms with Crippen LogP contribution >= 0.6 is 0 Å². The molecule has 0 amide bonds. The molecule has 0 bridgehead atoms. The summed E-state index contributed by atoms with van der Waals surface area (Å²) in [5.74, 6) is 2.05. The van der Waals surface area contributed by atoms with Crippen molar-refractivity contribution in [1.29, 1.82) is 0 Å². The highest BCUT2D eigenvalue weighted by atomic mass is 16.5. The zero-order chi connectivity index (χ0) is 13.3. The molecule has 0 unspecified atom stereocenters. The first kappa shape index (κ1) is 12.3. The van der Waals surface area contributed by atoms with Crippen LogP contribution in [0, 0.1) is 6.92 Å². The summed E-state index contributed by atoms with van der Waals surface area (Å²) >= 11 is 0. The van der Waals surface area contributed by atoms with Gasteiger partial charge in [-0.05, 0) is 24.6 Å². The van der Waals surface area contributed by atoms with Crippen LogP contribution in [0.5, 0.6) is 11.5 Å². The second-order valence-electron chi connectivity index (χ2n) is 4.11. The lowest BCUT2D eigenvalue weighted by Crippen LogP contribution is -1.97. The topological polar surface area (TPSA) is 62.3 Å². The van der Waals surface area contributed by atoms with Crippen molar-refractivity contribution in [3.63, 3.8) is 0 Å². The second kappa shape index (κ2) is 4.60. The van der Waals surface area contributed by atoms with Crippen LogP contribution < -0.4 is 15.2 Å². The molecule has 0 saturated heterocycles. The number of aromatic nitrogens is 2. The first-order valence-electron chi connectivity index (χ1n) is 5.59. The van der Waals surface area contributed by atoms with Crippen molar-refractivity contribution in [3.8, 4) is 22.8 Å². The Morgan fingerprint density at radius 2 is 1.89 bits per heavy atom. The number of nitrogens with two attached hydrogens (primary N) is 1. The van der Waals surface area contributed by atoms with E-state index < -0.39 is 0 Å². The molecule has 0 aliphatic heterocycles. The number of methoxy groups -OCH3 is 2. The van der Waals surface area contributed by atoms with Crippen molar-refractivity contribution in [2.75, 3.05) is 20.0 Å². The summed E-state index contributed by atoms with van der Waals surface area (Å²) in [6.07, 6.45) is 0. The molecule has 0 aliphatic carbocycles. The highest BCUT2D eigenvalue weighted by Gasteiger charge is 2.12. The maximum atomic E-state index is 5.79. The number of aryl methyl sites for hydroxylation is 2. The summed E-state index contributed by atoms with van der Waals surface area (Å²) in [5.41, 5.74) is 8.56. The summed E-state index contributed by atoms with van der Waals surface area (Å²) in [7, 11) is 5.06. The summed E-state index contributed by atoms with van der Waals surface area (Å²) in [5, 5.41) is 4.35. The van der Waals surface area contributed by atoms with Crippen molar-refractivity contribution >= 4 is 5.82 Å². The van der Waals surface area contributed by atoms with Gasteiger partial charge < -0.3 is 15.2 Å². The molecule has 1 aromatic heterocycles. The monoisotopic (exact) mass is 247 g/mol. The van der Waals surface area contributed by atoms with Crippen LogP contribution in [-0.2, 0) is 7.05 Å². The fourth-order valence-corrected chi connectivity index (χ4v) is 1.93. The molecular formula is C13H17N3O2. The Morgan fingerprint density at radius 3 is 2.39 bits per heavy atom. The highest BCUT2D eigenvalue weighted by molar-refractivity contribution is 5.68. The van der Waals surface area contributed by atoms with Gasteiger partial charge in [0.25, 0.3) is 0 Å². The minimum atomic E-state index is 0.623. The Kier molecular flexibility index (Phi) is 3.14. The number of benzene rings is 1. The van der Waals surface area contributed by atoms with E-state index in [1.807, 2.05) is 32.2 Å². The van der Waals surface area contributed by atoms with Crippen molar-refractivity contribution in [1.82, 2.24) is 9.78 Å². The van der Waals surface area contributed by atoms with Crippen molar-refractivity contribution in [2.45, 2.75) is 6.92 Å². The first-order chi connectivity index (χ1) is 8.56. The Hall–Kier alpha value is -2.17. The largest absolute Gasteiger partial charge is 0.493 e. The van der Waals surface area contributed by atoms with Crippen molar-refractivity contribution in [3.05, 3.63) is 23.8 Å². The number of hydrogen-bond acceptors (Lipinski definition) is 4. The van der Waals surface area contributed by atoms with Gasteiger partial charge in [-0.2, -0.15) is 5.10 Å². The lowest BCUT2D eigenvalue weighted by molar-refractivity contribution is 0.353. The number of hydrogen-bond donors (Lipinski definition) is 1. The molecule has 0 atom stereocenters. The van der Waals surface area contributed by atoms with Gasteiger partial charge in [-0.15, -0.1) is 0 Å². The van der Waals surface area contributed by atoms with Crippen LogP contribution in [0.1, 0.15) is 5.56 Å². The Balaban J connectivity index is 2.55. The molecule has 5 nitrogen and oxygen atoms in total. The smallest absolute Gasteiger partial charge is 0.163 e. The predicted octanol–water partition coefficient (Wildman–Crippen LogP) is 1.99. The summed E-state index contributed by atoms with van der Waals surface area (Å²) in [4.78, 5) is 0. The number of nitrogens with zero attached hydrogens (tertiary/aromatic N) is 2. The van der Waals surface area contributed by atoms with E-state index >= 15 is 0 Å². The van der Waals surface area contributed by atoms with Gasteiger partial charge in [0.05, 0.1) is 19.9 Å². The molecule has 0 spiro atoms. The van der Waals surface area contributed by atoms with E-state index in [0.717, 1.165) is 22.6 Å². The first-order valence-corrected chi connectivity index (χ1v) is 5.59. The average molecular weight is 247 g/mol. The summed E-state index contributed by atoms with van der Waals surface area (Å²) < 4.78 is 12.3. The second-order valence-corrected chi connectivity index (χ2v) is 4.11. The van der Waals surface area contributed by atoms with Crippen LogP contribution in [0.25, 0.3) is 11.3 Å². The van der Waals surface area contributed by atoms with E-state index in [1.165, 1.54) is 0 Å². The number of ether oxygens (including phenoxy) is 2. The summed E-state index contributed by atoms with van der Waals surface area (Å²) in [6.45, 7) is 1.97. The van der Waals surface area contributed by atoms with Gasteiger partial charge >= 0.3 is 0 Å². The minimum Gasteiger partial charge on any atom is -0.493 e. The Bertz CT molecular complexity index is 556. The summed E-state index contributed by atoms with van der Waals surface area (Å²) in [6, 6.07) is 5.73. The molecule has 18 heavy (non-hydrogen) atoms. The molecule has 0 saturated carbocycles. The van der Waals surface area contributed by atoms with Crippen LogP contribution in [0.2, 0.25) is 0 Å². The SMILES string of the molecule is COc1cc(-c2cc(N)n(C)n2)cc(C)c1OC. The van der Waals surface area contributed by atoms with E-state index in [1.54, 1.807) is 18.9 Å². The van der Waals surface area contributed by atoms with Crippen LogP contribution in [-0.4, -0.2) is 24.0 Å². The standard InChI is InChI=1S/C13H17N3O2/c1-8-5-9(6-11(17-3)13(8)18-4)10-7-12(14)16(2)15-10/h5-7H,14H2,1-4H3. The zero-order valence-electron chi connectivity index (χ0n) is 11.0.